The van der Waals surface area contributed by atoms with Crippen LogP contribution in [0.15, 0.2) is 53.4 Å². The first-order valence-electron chi connectivity index (χ1n) is 8.79. The second-order valence-corrected chi connectivity index (χ2v) is 8.42. The Morgan fingerprint density at radius 1 is 1.14 bits per heavy atom. The molecule has 0 spiro atoms. The Morgan fingerprint density at radius 2 is 1.86 bits per heavy atom. The van der Waals surface area contributed by atoms with Crippen LogP contribution in [0.25, 0.3) is 0 Å². The third-order valence-corrected chi connectivity index (χ3v) is 6.44. The molecule has 8 heteroatoms. The number of Topliss-reactive ketones (excluding diaryl/α,β-unsaturated/α-hetero) is 1. The van der Waals surface area contributed by atoms with Crippen molar-refractivity contribution in [2.45, 2.75) is 30.3 Å². The highest BCUT2D eigenvalue weighted by atomic mass is 32.2. The smallest absolute Gasteiger partial charge is 0.338 e. The number of sulfonamides is 1. The van der Waals surface area contributed by atoms with Crippen LogP contribution in [0.3, 0.4) is 0 Å². The number of esters is 1. The Hall–Kier alpha value is -2.87. The van der Waals surface area contributed by atoms with E-state index in [1.807, 2.05) is 0 Å². The molecule has 1 atom stereocenters. The molecule has 0 radical (unpaired) electrons. The van der Waals surface area contributed by atoms with Gasteiger partial charge in [0.2, 0.25) is 0 Å². The van der Waals surface area contributed by atoms with Crippen molar-refractivity contribution >= 4 is 27.5 Å². The highest BCUT2D eigenvalue weighted by molar-refractivity contribution is 7.92. The summed E-state index contributed by atoms with van der Waals surface area (Å²) >= 11 is 0. The van der Waals surface area contributed by atoms with Gasteiger partial charge in [0.15, 0.2) is 11.9 Å². The number of carbonyl (C=O) groups excluding carboxylic acids is 2. The maximum absolute atomic E-state index is 12.9. The largest absolute Gasteiger partial charge is 0.497 e. The van der Waals surface area contributed by atoms with Gasteiger partial charge in [0.05, 0.1) is 23.3 Å². The molecular weight excluding hydrogens is 382 g/mol. The molecule has 2 aromatic rings. The van der Waals surface area contributed by atoms with Crippen LogP contribution in [0.5, 0.6) is 5.75 Å². The van der Waals surface area contributed by atoms with E-state index in [2.05, 4.69) is 0 Å². The number of ether oxygens (including phenoxy) is 2. The fraction of sp³-hybridized carbons (Fsp3) is 0.300. The van der Waals surface area contributed by atoms with Crippen molar-refractivity contribution in [3.8, 4) is 5.75 Å². The van der Waals surface area contributed by atoms with Crippen LogP contribution in [0, 0.1) is 0 Å². The fourth-order valence-electron chi connectivity index (χ4n) is 2.98. The molecule has 0 heterocycles. The molecule has 1 saturated carbocycles. The van der Waals surface area contributed by atoms with Gasteiger partial charge in [-0.2, -0.15) is 0 Å². The normalized spacial score (nSPS) is 16.6. The van der Waals surface area contributed by atoms with Crippen LogP contribution in [0.2, 0.25) is 0 Å². The number of methoxy groups -OCH3 is 1. The summed E-state index contributed by atoms with van der Waals surface area (Å²) in [6, 6.07) is 12.2. The number of hydrogen-bond donors (Lipinski definition) is 0. The number of hydrogen-bond acceptors (Lipinski definition) is 6. The zero-order valence-electron chi connectivity index (χ0n) is 15.6. The van der Waals surface area contributed by atoms with Crippen molar-refractivity contribution in [3.05, 3.63) is 54.1 Å². The summed E-state index contributed by atoms with van der Waals surface area (Å²) in [4.78, 5) is 24.0. The van der Waals surface area contributed by atoms with Gasteiger partial charge in [-0.1, -0.05) is 6.07 Å². The zero-order valence-corrected chi connectivity index (χ0v) is 16.4. The van der Waals surface area contributed by atoms with E-state index in [-0.39, 0.29) is 16.2 Å². The zero-order chi connectivity index (χ0) is 20.3. The maximum Gasteiger partial charge on any atom is 0.338 e. The van der Waals surface area contributed by atoms with Gasteiger partial charge in [-0.05, 0) is 55.3 Å². The first kappa shape index (κ1) is 19.9. The molecule has 0 unspecified atom stereocenters. The number of benzene rings is 2. The molecule has 0 aromatic heterocycles. The van der Waals surface area contributed by atoms with E-state index in [1.165, 1.54) is 38.4 Å². The number of carbonyl (C=O) groups is 2. The van der Waals surface area contributed by atoms with E-state index < -0.39 is 22.1 Å². The monoisotopic (exact) mass is 403 g/mol. The lowest BCUT2D eigenvalue weighted by molar-refractivity contribution is -0.124. The van der Waals surface area contributed by atoms with E-state index in [1.54, 1.807) is 24.3 Å². The summed E-state index contributed by atoms with van der Waals surface area (Å²) in [5, 5.41) is 0. The third kappa shape index (κ3) is 4.01. The molecular formula is C20H21NO6S. The van der Waals surface area contributed by atoms with Crippen molar-refractivity contribution in [1.82, 2.24) is 0 Å². The summed E-state index contributed by atoms with van der Waals surface area (Å²) in [6.07, 6.45) is 0.856. The van der Waals surface area contributed by atoms with Crippen LogP contribution >= 0.6 is 0 Å². The second-order valence-electron chi connectivity index (χ2n) is 6.45. The highest BCUT2D eigenvalue weighted by Crippen LogP contribution is 2.25. The van der Waals surface area contributed by atoms with Crippen molar-refractivity contribution in [2.24, 2.45) is 0 Å². The molecule has 1 fully saturated rings. The van der Waals surface area contributed by atoms with Gasteiger partial charge in [0.1, 0.15) is 5.75 Å². The first-order valence-corrected chi connectivity index (χ1v) is 10.2. The SMILES string of the molecule is COc1ccc(N(C)S(=O)(=O)c2cccc(C(=O)O[C@H]3CCCC3=O)c2)cc1. The molecule has 0 amide bonds. The lowest BCUT2D eigenvalue weighted by Gasteiger charge is -2.20. The van der Waals surface area contributed by atoms with Gasteiger partial charge in [0.25, 0.3) is 10.0 Å². The quantitative estimate of drug-likeness (QED) is 0.689. The minimum atomic E-state index is -3.89. The van der Waals surface area contributed by atoms with E-state index in [4.69, 9.17) is 9.47 Å². The molecule has 148 valence electrons. The molecule has 0 N–H and O–H groups in total. The molecule has 28 heavy (non-hydrogen) atoms. The van der Waals surface area contributed by atoms with Crippen molar-refractivity contribution in [2.75, 3.05) is 18.5 Å². The summed E-state index contributed by atoms with van der Waals surface area (Å²) in [6.45, 7) is 0. The highest BCUT2D eigenvalue weighted by Gasteiger charge is 2.29. The van der Waals surface area contributed by atoms with Crippen LogP contribution in [-0.4, -0.2) is 40.4 Å². The van der Waals surface area contributed by atoms with Crippen molar-refractivity contribution in [1.29, 1.82) is 0 Å². The molecule has 1 aliphatic rings. The van der Waals surface area contributed by atoms with Gasteiger partial charge in [-0.25, -0.2) is 13.2 Å². The average Bonchev–Trinajstić information content (AvgIpc) is 3.12. The Bertz CT molecular complexity index is 984. The molecule has 2 aromatic carbocycles. The first-order chi connectivity index (χ1) is 13.3. The third-order valence-electron chi connectivity index (χ3n) is 4.66. The molecule has 0 saturated heterocycles. The van der Waals surface area contributed by atoms with Gasteiger partial charge in [0, 0.05) is 13.5 Å². The Balaban J connectivity index is 1.82. The number of ketones is 1. The van der Waals surface area contributed by atoms with Gasteiger partial charge < -0.3 is 9.47 Å². The van der Waals surface area contributed by atoms with Crippen LogP contribution in [-0.2, 0) is 19.6 Å². The van der Waals surface area contributed by atoms with E-state index in [9.17, 15) is 18.0 Å². The molecule has 3 rings (SSSR count). The predicted octanol–water partition coefficient (Wildman–Crippen LogP) is 2.80. The summed E-state index contributed by atoms with van der Waals surface area (Å²) in [5.41, 5.74) is 0.536. The van der Waals surface area contributed by atoms with Crippen LogP contribution in [0.1, 0.15) is 29.6 Å². The molecule has 0 bridgehead atoms. The average molecular weight is 403 g/mol. The van der Waals surface area contributed by atoms with E-state index in [0.29, 0.717) is 30.7 Å². The Labute approximate surface area is 163 Å². The van der Waals surface area contributed by atoms with Crippen LogP contribution in [0.4, 0.5) is 5.69 Å². The predicted molar refractivity (Wildman–Crippen MR) is 103 cm³/mol. The fourth-order valence-corrected chi connectivity index (χ4v) is 4.22. The van der Waals surface area contributed by atoms with E-state index in [0.717, 1.165) is 4.31 Å². The van der Waals surface area contributed by atoms with Gasteiger partial charge in [-0.15, -0.1) is 0 Å². The summed E-state index contributed by atoms with van der Waals surface area (Å²) < 4.78 is 37.3. The number of nitrogens with zero attached hydrogens (tertiary/aromatic N) is 1. The van der Waals surface area contributed by atoms with Crippen LogP contribution < -0.4 is 9.04 Å². The Morgan fingerprint density at radius 3 is 2.46 bits per heavy atom. The minimum Gasteiger partial charge on any atom is -0.497 e. The van der Waals surface area contributed by atoms with Crippen molar-refractivity contribution in [3.63, 3.8) is 0 Å². The van der Waals surface area contributed by atoms with E-state index >= 15 is 0 Å². The topological polar surface area (TPSA) is 90.0 Å². The number of anilines is 1. The van der Waals surface area contributed by atoms with Gasteiger partial charge >= 0.3 is 5.97 Å². The summed E-state index contributed by atoms with van der Waals surface area (Å²) in [7, 11) is -0.931. The molecule has 7 nitrogen and oxygen atoms in total. The van der Waals surface area contributed by atoms with Crippen molar-refractivity contribution < 1.29 is 27.5 Å². The second kappa shape index (κ2) is 8.02. The lowest BCUT2D eigenvalue weighted by Crippen LogP contribution is -2.27. The minimum absolute atomic E-state index is 0.0435. The standard InChI is InChI=1S/C20H21NO6S/c1-21(15-9-11-16(26-2)12-10-15)28(24,25)17-6-3-5-14(13-17)20(23)27-19-8-4-7-18(19)22/h3,5-6,9-13,19H,4,7-8H2,1-2H3/t19-/m0/s1. The Kier molecular flexibility index (Phi) is 5.69. The maximum atomic E-state index is 12.9. The summed E-state index contributed by atoms with van der Waals surface area (Å²) in [5.74, 6) is -0.193. The molecule has 1 aliphatic carbocycles. The lowest BCUT2D eigenvalue weighted by atomic mass is 10.2. The number of rotatable bonds is 6. The van der Waals surface area contributed by atoms with Gasteiger partial charge in [-0.3, -0.25) is 9.10 Å². The molecule has 0 aliphatic heterocycles.